The zero-order valence-corrected chi connectivity index (χ0v) is 16.4. The Labute approximate surface area is 164 Å². The van der Waals surface area contributed by atoms with Crippen LogP contribution in [0.4, 0.5) is 0 Å². The third kappa shape index (κ3) is 4.60. The summed E-state index contributed by atoms with van der Waals surface area (Å²) in [6.45, 7) is 7.57. The van der Waals surface area contributed by atoms with Crippen molar-refractivity contribution in [2.75, 3.05) is 26.2 Å². The number of hydrogen-bond acceptors (Lipinski definition) is 4. The minimum absolute atomic E-state index is 0.104. The number of benzene rings is 1. The Kier molecular flexibility index (Phi) is 5.53. The molecule has 1 saturated heterocycles. The van der Waals surface area contributed by atoms with Crippen LogP contribution in [0, 0.1) is 0 Å². The minimum Gasteiger partial charge on any atom is -0.459 e. The molecule has 1 aliphatic heterocycles. The van der Waals surface area contributed by atoms with Crippen LogP contribution in [0.25, 0.3) is 0 Å². The fourth-order valence-electron chi connectivity index (χ4n) is 3.03. The van der Waals surface area contributed by atoms with Crippen molar-refractivity contribution in [3.8, 4) is 0 Å². The summed E-state index contributed by atoms with van der Waals surface area (Å²) in [7, 11) is 0. The van der Waals surface area contributed by atoms with E-state index in [2.05, 4.69) is 5.32 Å². The highest BCUT2D eigenvalue weighted by Gasteiger charge is 2.26. The van der Waals surface area contributed by atoms with Gasteiger partial charge in [-0.1, -0.05) is 0 Å². The van der Waals surface area contributed by atoms with Gasteiger partial charge in [0.1, 0.15) is 0 Å². The van der Waals surface area contributed by atoms with E-state index in [1.807, 2.05) is 20.8 Å². The molecule has 28 heavy (non-hydrogen) atoms. The van der Waals surface area contributed by atoms with Gasteiger partial charge in [-0.25, -0.2) is 0 Å². The molecule has 1 fully saturated rings. The van der Waals surface area contributed by atoms with Crippen molar-refractivity contribution in [3.05, 3.63) is 59.5 Å². The van der Waals surface area contributed by atoms with Crippen LogP contribution in [0.5, 0.6) is 0 Å². The van der Waals surface area contributed by atoms with E-state index >= 15 is 0 Å². The quantitative estimate of drug-likeness (QED) is 0.882. The Morgan fingerprint density at radius 3 is 1.89 bits per heavy atom. The first-order chi connectivity index (χ1) is 13.2. The van der Waals surface area contributed by atoms with E-state index in [0.29, 0.717) is 43.1 Å². The molecule has 3 rings (SSSR count). The molecule has 1 aromatic heterocycles. The van der Waals surface area contributed by atoms with Crippen LogP contribution >= 0.6 is 0 Å². The Hall–Kier alpha value is -3.09. The van der Waals surface area contributed by atoms with Gasteiger partial charge in [0.25, 0.3) is 17.7 Å². The molecule has 1 aliphatic rings. The number of furan rings is 1. The van der Waals surface area contributed by atoms with Gasteiger partial charge in [-0.2, -0.15) is 0 Å². The second-order valence-electron chi connectivity index (χ2n) is 7.84. The number of amides is 3. The SMILES string of the molecule is CC(C)(C)NC(=O)c1ccc(C(=O)N2CCN(C(=O)c3ccco3)CC2)cc1. The standard InChI is InChI=1S/C21H25N3O4/c1-21(2,3)22-18(25)15-6-8-16(9-7-15)19(26)23-10-12-24(13-11-23)20(27)17-5-4-14-28-17/h4-9,14H,10-13H2,1-3H3,(H,22,25). The number of rotatable bonds is 3. The van der Waals surface area contributed by atoms with Crippen molar-refractivity contribution < 1.29 is 18.8 Å². The summed E-state index contributed by atoms with van der Waals surface area (Å²) < 4.78 is 5.15. The topological polar surface area (TPSA) is 82.9 Å². The number of carbonyl (C=O) groups is 3. The molecule has 1 aromatic carbocycles. The normalized spacial score (nSPS) is 14.7. The maximum absolute atomic E-state index is 12.7. The lowest BCUT2D eigenvalue weighted by Gasteiger charge is -2.34. The summed E-state index contributed by atoms with van der Waals surface area (Å²) in [4.78, 5) is 40.6. The number of carbonyl (C=O) groups excluding carboxylic acids is 3. The summed E-state index contributed by atoms with van der Waals surface area (Å²) in [6, 6.07) is 9.96. The lowest BCUT2D eigenvalue weighted by atomic mass is 10.1. The number of nitrogens with one attached hydrogen (secondary N) is 1. The molecule has 0 saturated carbocycles. The molecule has 0 radical (unpaired) electrons. The van der Waals surface area contributed by atoms with E-state index < -0.39 is 0 Å². The summed E-state index contributed by atoms with van der Waals surface area (Å²) in [5.41, 5.74) is 0.719. The Balaban J connectivity index is 1.58. The molecule has 0 spiro atoms. The van der Waals surface area contributed by atoms with Crippen molar-refractivity contribution in [1.82, 2.24) is 15.1 Å². The van der Waals surface area contributed by atoms with E-state index in [-0.39, 0.29) is 23.3 Å². The van der Waals surface area contributed by atoms with Gasteiger partial charge in [-0.05, 0) is 57.2 Å². The van der Waals surface area contributed by atoms with E-state index in [9.17, 15) is 14.4 Å². The van der Waals surface area contributed by atoms with E-state index in [1.165, 1.54) is 6.26 Å². The van der Waals surface area contributed by atoms with Crippen LogP contribution in [0.3, 0.4) is 0 Å². The molecule has 3 amide bonds. The van der Waals surface area contributed by atoms with Crippen LogP contribution < -0.4 is 5.32 Å². The molecule has 0 atom stereocenters. The van der Waals surface area contributed by atoms with Crippen LogP contribution in [0.15, 0.2) is 47.1 Å². The van der Waals surface area contributed by atoms with Crippen molar-refractivity contribution in [3.63, 3.8) is 0 Å². The molecule has 2 aromatic rings. The smallest absolute Gasteiger partial charge is 0.289 e. The van der Waals surface area contributed by atoms with Crippen LogP contribution in [-0.2, 0) is 0 Å². The summed E-state index contributed by atoms with van der Waals surface area (Å²) in [5, 5.41) is 2.90. The molecule has 0 bridgehead atoms. The summed E-state index contributed by atoms with van der Waals surface area (Å²) in [5.74, 6) is -0.125. The third-order valence-electron chi connectivity index (χ3n) is 4.47. The fraction of sp³-hybridized carbons (Fsp3) is 0.381. The first kappa shape index (κ1) is 19.7. The maximum Gasteiger partial charge on any atom is 0.289 e. The fourth-order valence-corrected chi connectivity index (χ4v) is 3.03. The summed E-state index contributed by atoms with van der Waals surface area (Å²) >= 11 is 0. The number of nitrogens with zero attached hydrogens (tertiary/aromatic N) is 2. The van der Waals surface area contributed by atoms with E-state index in [1.54, 1.807) is 46.2 Å². The molecule has 0 unspecified atom stereocenters. The second kappa shape index (κ2) is 7.88. The molecule has 2 heterocycles. The van der Waals surface area contributed by atoms with Gasteiger partial charge in [0, 0.05) is 42.8 Å². The van der Waals surface area contributed by atoms with Crippen molar-refractivity contribution in [2.24, 2.45) is 0 Å². The van der Waals surface area contributed by atoms with Crippen molar-refractivity contribution in [1.29, 1.82) is 0 Å². The predicted octanol–water partition coefficient (Wildman–Crippen LogP) is 2.41. The number of hydrogen-bond donors (Lipinski definition) is 1. The highest BCUT2D eigenvalue weighted by molar-refractivity contribution is 5.98. The summed E-state index contributed by atoms with van der Waals surface area (Å²) in [6.07, 6.45) is 1.47. The van der Waals surface area contributed by atoms with Crippen molar-refractivity contribution in [2.45, 2.75) is 26.3 Å². The lowest BCUT2D eigenvalue weighted by Crippen LogP contribution is -2.50. The zero-order valence-electron chi connectivity index (χ0n) is 16.4. The Bertz CT molecular complexity index is 843. The minimum atomic E-state index is -0.321. The van der Waals surface area contributed by atoms with Crippen LogP contribution in [0.2, 0.25) is 0 Å². The molecule has 1 N–H and O–H groups in total. The highest BCUT2D eigenvalue weighted by atomic mass is 16.3. The zero-order chi connectivity index (χ0) is 20.3. The maximum atomic E-state index is 12.7. The monoisotopic (exact) mass is 383 g/mol. The van der Waals surface area contributed by atoms with Crippen LogP contribution in [-0.4, -0.2) is 59.2 Å². The lowest BCUT2D eigenvalue weighted by molar-refractivity contribution is 0.0518. The molecule has 148 valence electrons. The predicted molar refractivity (Wildman–Crippen MR) is 104 cm³/mol. The molecular formula is C21H25N3O4. The van der Waals surface area contributed by atoms with Gasteiger partial charge in [-0.15, -0.1) is 0 Å². The third-order valence-corrected chi connectivity index (χ3v) is 4.47. The second-order valence-corrected chi connectivity index (χ2v) is 7.84. The van der Waals surface area contributed by atoms with Gasteiger partial charge < -0.3 is 19.5 Å². The average molecular weight is 383 g/mol. The van der Waals surface area contributed by atoms with Gasteiger partial charge in [0.15, 0.2) is 5.76 Å². The largest absolute Gasteiger partial charge is 0.459 e. The molecule has 0 aliphatic carbocycles. The first-order valence-corrected chi connectivity index (χ1v) is 9.29. The van der Waals surface area contributed by atoms with Crippen molar-refractivity contribution >= 4 is 17.7 Å². The Morgan fingerprint density at radius 2 is 1.39 bits per heavy atom. The van der Waals surface area contributed by atoms with Crippen LogP contribution in [0.1, 0.15) is 52.0 Å². The Morgan fingerprint density at radius 1 is 0.857 bits per heavy atom. The highest BCUT2D eigenvalue weighted by Crippen LogP contribution is 2.13. The first-order valence-electron chi connectivity index (χ1n) is 9.29. The molecular weight excluding hydrogens is 358 g/mol. The molecule has 7 nitrogen and oxygen atoms in total. The van der Waals surface area contributed by atoms with E-state index in [0.717, 1.165) is 0 Å². The van der Waals surface area contributed by atoms with E-state index in [4.69, 9.17) is 4.42 Å². The van der Waals surface area contributed by atoms with Gasteiger partial charge in [-0.3, -0.25) is 14.4 Å². The van der Waals surface area contributed by atoms with Gasteiger partial charge >= 0.3 is 0 Å². The van der Waals surface area contributed by atoms with Gasteiger partial charge in [0.05, 0.1) is 6.26 Å². The average Bonchev–Trinajstić information content (AvgIpc) is 3.20. The molecule has 7 heteroatoms. The number of piperazine rings is 1. The van der Waals surface area contributed by atoms with Gasteiger partial charge in [0.2, 0.25) is 0 Å².